The number of anilines is 1. The third kappa shape index (κ3) is 5.44. The maximum Gasteiger partial charge on any atom is 0.340 e. The lowest BCUT2D eigenvalue weighted by Gasteiger charge is -2.27. The van der Waals surface area contributed by atoms with Gasteiger partial charge < -0.3 is 14.5 Å². The summed E-state index contributed by atoms with van der Waals surface area (Å²) in [6.07, 6.45) is 0.0405. The highest BCUT2D eigenvalue weighted by Gasteiger charge is 2.29. The maximum atomic E-state index is 12.6. The van der Waals surface area contributed by atoms with Crippen LogP contribution < -0.4 is 10.9 Å². The lowest BCUT2D eigenvalue weighted by Crippen LogP contribution is -2.31. The lowest BCUT2D eigenvalue weighted by atomic mass is 9.80. The molecule has 1 atom stereocenters. The highest BCUT2D eigenvalue weighted by Crippen LogP contribution is 2.30. The summed E-state index contributed by atoms with van der Waals surface area (Å²) in [5.74, 6) is -0.758. The zero-order valence-electron chi connectivity index (χ0n) is 17.5. The van der Waals surface area contributed by atoms with Gasteiger partial charge in [-0.3, -0.25) is 4.79 Å². The van der Waals surface area contributed by atoms with Crippen LogP contribution >= 0.6 is 0 Å². The predicted molar refractivity (Wildman–Crippen MR) is 114 cm³/mol. The molecule has 0 saturated heterocycles. The molecule has 154 valence electrons. The molecule has 1 aromatic carbocycles. The van der Waals surface area contributed by atoms with Crippen LogP contribution in [0.25, 0.3) is 11.0 Å². The molecule has 1 aromatic heterocycles. The van der Waals surface area contributed by atoms with E-state index >= 15 is 0 Å². The quantitative estimate of drug-likeness (QED) is 0.423. The lowest BCUT2D eigenvalue weighted by molar-refractivity contribution is -0.144. The number of esters is 1. The topological polar surface area (TPSA) is 85.6 Å². The molecule has 1 heterocycles. The van der Waals surface area contributed by atoms with E-state index in [2.05, 4.69) is 18.5 Å². The van der Waals surface area contributed by atoms with Gasteiger partial charge in [0.1, 0.15) is 11.7 Å². The highest BCUT2D eigenvalue weighted by atomic mass is 16.5. The third-order valence-electron chi connectivity index (χ3n) is 4.57. The molecule has 6 nitrogen and oxygen atoms in total. The van der Waals surface area contributed by atoms with Crippen molar-refractivity contribution in [1.82, 2.24) is 0 Å². The van der Waals surface area contributed by atoms with Crippen molar-refractivity contribution < 1.29 is 18.7 Å². The fourth-order valence-electron chi connectivity index (χ4n) is 3.05. The third-order valence-corrected chi connectivity index (χ3v) is 4.57. The van der Waals surface area contributed by atoms with Crippen LogP contribution in [0.4, 0.5) is 5.69 Å². The van der Waals surface area contributed by atoms with Gasteiger partial charge in [-0.25, -0.2) is 9.59 Å². The maximum absolute atomic E-state index is 12.6. The van der Waals surface area contributed by atoms with Gasteiger partial charge in [0.25, 0.3) is 5.91 Å². The molecule has 0 spiro atoms. The first-order valence-corrected chi connectivity index (χ1v) is 9.32. The van der Waals surface area contributed by atoms with Crippen molar-refractivity contribution in [2.45, 2.75) is 52.6 Å². The molecule has 0 aliphatic carbocycles. The van der Waals surface area contributed by atoms with Gasteiger partial charge in [-0.2, -0.15) is 0 Å². The van der Waals surface area contributed by atoms with Crippen molar-refractivity contribution in [3.8, 4) is 0 Å². The van der Waals surface area contributed by atoms with Crippen molar-refractivity contribution >= 4 is 28.5 Å². The first-order chi connectivity index (χ1) is 13.4. The van der Waals surface area contributed by atoms with Crippen molar-refractivity contribution in [2.24, 2.45) is 0 Å². The average Bonchev–Trinajstić information content (AvgIpc) is 2.59. The van der Waals surface area contributed by atoms with Crippen molar-refractivity contribution in [3.63, 3.8) is 0 Å². The van der Waals surface area contributed by atoms with E-state index in [-0.39, 0.29) is 5.91 Å². The first kappa shape index (κ1) is 22.1. The van der Waals surface area contributed by atoms with Crippen molar-refractivity contribution in [1.29, 1.82) is 0 Å². The average molecular weight is 397 g/mol. The molecule has 0 aliphatic rings. The summed E-state index contributed by atoms with van der Waals surface area (Å²) in [7, 11) is 0. The summed E-state index contributed by atoms with van der Waals surface area (Å²) in [6.45, 7) is 16.0. The van der Waals surface area contributed by atoms with Crippen LogP contribution in [0.2, 0.25) is 0 Å². The number of nitrogens with one attached hydrogen (secondary N) is 1. The number of fused-ring (bicyclic) bond motifs is 1. The predicted octanol–water partition coefficient (Wildman–Crippen LogP) is 4.48. The van der Waals surface area contributed by atoms with E-state index in [1.165, 1.54) is 0 Å². The van der Waals surface area contributed by atoms with Gasteiger partial charge in [-0.1, -0.05) is 27.0 Å². The second kappa shape index (κ2) is 8.47. The summed E-state index contributed by atoms with van der Waals surface area (Å²) in [6, 6.07) is 6.89. The van der Waals surface area contributed by atoms with Crippen LogP contribution in [0.1, 0.15) is 46.6 Å². The Morgan fingerprint density at radius 2 is 1.83 bits per heavy atom. The number of carbonyl (C=O) groups excluding carboxylic acids is 2. The molecule has 2 aromatic rings. The molecule has 1 N–H and O–H groups in total. The number of ether oxygens (including phenoxy) is 1. The number of hydrogen-bond donors (Lipinski definition) is 1. The summed E-state index contributed by atoms with van der Waals surface area (Å²) < 4.78 is 10.9. The Morgan fingerprint density at radius 1 is 1.17 bits per heavy atom. The smallest absolute Gasteiger partial charge is 0.340 e. The Balaban J connectivity index is 2.31. The second-order valence-corrected chi connectivity index (χ2v) is 8.02. The van der Waals surface area contributed by atoms with E-state index in [0.717, 1.165) is 5.39 Å². The molecule has 0 aliphatic heterocycles. The molecule has 0 radical (unpaired) electrons. The number of amides is 1. The Morgan fingerprint density at radius 3 is 2.41 bits per heavy atom. The largest absolute Gasteiger partial charge is 0.459 e. The molecule has 1 unspecified atom stereocenters. The van der Waals surface area contributed by atoms with E-state index in [9.17, 15) is 14.4 Å². The molecule has 6 heteroatoms. The second-order valence-electron chi connectivity index (χ2n) is 8.02. The molecule has 0 saturated carbocycles. The fourth-order valence-corrected chi connectivity index (χ4v) is 3.05. The van der Waals surface area contributed by atoms with E-state index < -0.39 is 23.1 Å². The summed E-state index contributed by atoms with van der Waals surface area (Å²) >= 11 is 0. The first-order valence-electron chi connectivity index (χ1n) is 9.32. The molecular formula is C23H27NO5. The minimum atomic E-state index is -0.587. The van der Waals surface area contributed by atoms with Crippen LogP contribution in [0, 0.1) is 0 Å². The summed E-state index contributed by atoms with van der Waals surface area (Å²) in [5, 5.41) is 3.42. The number of rotatable bonds is 7. The van der Waals surface area contributed by atoms with Crippen LogP contribution in [0.5, 0.6) is 0 Å². The Hall–Kier alpha value is -3.15. The van der Waals surface area contributed by atoms with Crippen LogP contribution in [-0.2, 0) is 19.7 Å². The molecule has 1 amide bonds. The fraction of sp³-hybridized carbons (Fsp3) is 0.348. The van der Waals surface area contributed by atoms with Crippen LogP contribution in [-0.4, -0.2) is 18.0 Å². The van der Waals surface area contributed by atoms with E-state index in [4.69, 9.17) is 9.15 Å². The monoisotopic (exact) mass is 397 g/mol. The number of carbonyl (C=O) groups is 2. The van der Waals surface area contributed by atoms with Gasteiger partial charge in [0.2, 0.25) is 0 Å². The molecule has 0 bridgehead atoms. The zero-order valence-corrected chi connectivity index (χ0v) is 17.5. The van der Waals surface area contributed by atoms with Crippen LogP contribution in [0.15, 0.2) is 57.8 Å². The normalized spacial score (nSPS) is 12.3. The van der Waals surface area contributed by atoms with Gasteiger partial charge in [-0.15, -0.1) is 0 Å². The molecular weight excluding hydrogens is 370 g/mol. The molecule has 0 fully saturated rings. The van der Waals surface area contributed by atoms with Crippen LogP contribution in [0.3, 0.4) is 0 Å². The summed E-state index contributed by atoms with van der Waals surface area (Å²) in [4.78, 5) is 36.2. The van der Waals surface area contributed by atoms with Crippen molar-refractivity contribution in [3.05, 3.63) is 64.6 Å². The van der Waals surface area contributed by atoms with Gasteiger partial charge in [0.05, 0.1) is 0 Å². The molecule has 29 heavy (non-hydrogen) atoms. The summed E-state index contributed by atoms with van der Waals surface area (Å²) in [5.41, 5.74) is 1.03. The minimum absolute atomic E-state index is 0.303. The zero-order chi connectivity index (χ0) is 21.9. The van der Waals surface area contributed by atoms with Gasteiger partial charge >= 0.3 is 11.6 Å². The Labute approximate surface area is 170 Å². The van der Waals surface area contributed by atoms with Crippen molar-refractivity contribution in [2.75, 3.05) is 5.32 Å². The molecule has 2 rings (SSSR count). The standard InChI is InChI=1S/C23H27NO5/c1-13(2)20(25)24-17-9-8-16-10-18(22(27)29-19(16)11-17)23(6,7)12-15(5)28-21(26)14(3)4/h8-11,15H,1,3,12H2,2,4-7H3,(H,24,25). The Bertz CT molecular complexity index is 1040. The van der Waals surface area contributed by atoms with E-state index in [0.29, 0.717) is 34.4 Å². The van der Waals surface area contributed by atoms with Gasteiger partial charge in [0, 0.05) is 39.3 Å². The Kier molecular flexibility index (Phi) is 6.47. The highest BCUT2D eigenvalue weighted by molar-refractivity contribution is 6.03. The number of benzene rings is 1. The van der Waals surface area contributed by atoms with E-state index in [1.54, 1.807) is 45.0 Å². The van der Waals surface area contributed by atoms with Gasteiger partial charge in [-0.05, 0) is 45.4 Å². The van der Waals surface area contributed by atoms with E-state index in [1.807, 2.05) is 13.8 Å². The SMILES string of the molecule is C=C(C)C(=O)Nc1ccc2cc(C(C)(C)CC(C)OC(=O)C(=C)C)c(=O)oc2c1. The van der Waals surface area contributed by atoms with Gasteiger partial charge in [0.15, 0.2) is 0 Å². The minimum Gasteiger partial charge on any atom is -0.459 e. The number of hydrogen-bond acceptors (Lipinski definition) is 5.